The lowest BCUT2D eigenvalue weighted by atomic mass is 9.65. The Morgan fingerprint density at radius 2 is 1.50 bits per heavy atom. The van der Waals surface area contributed by atoms with Crippen molar-refractivity contribution >= 4 is 0 Å². The van der Waals surface area contributed by atoms with E-state index in [1.807, 2.05) is 0 Å². The summed E-state index contributed by atoms with van der Waals surface area (Å²) in [5.74, 6) is 1.63. The van der Waals surface area contributed by atoms with Crippen LogP contribution < -0.4 is 0 Å². The van der Waals surface area contributed by atoms with E-state index in [-0.39, 0.29) is 0 Å². The first kappa shape index (κ1) is 16.3. The Labute approximate surface area is 126 Å². The van der Waals surface area contributed by atoms with Gasteiger partial charge in [-0.1, -0.05) is 40.5 Å². The Kier molecular flexibility index (Phi) is 4.60. The summed E-state index contributed by atoms with van der Waals surface area (Å²) in [4.78, 5) is 0. The fourth-order valence-electron chi connectivity index (χ4n) is 5.49. The van der Waals surface area contributed by atoms with E-state index in [0.29, 0.717) is 10.8 Å². The van der Waals surface area contributed by atoms with Gasteiger partial charge in [-0.15, -0.1) is 0 Å². The molecule has 0 aliphatic heterocycles. The van der Waals surface area contributed by atoms with Gasteiger partial charge in [-0.25, -0.2) is 0 Å². The van der Waals surface area contributed by atoms with E-state index >= 15 is 0 Å². The Morgan fingerprint density at radius 1 is 0.900 bits per heavy atom. The lowest BCUT2D eigenvalue weighted by Gasteiger charge is -2.42. The summed E-state index contributed by atoms with van der Waals surface area (Å²) >= 11 is 0. The van der Waals surface area contributed by atoms with Gasteiger partial charge in [-0.2, -0.15) is 0 Å². The molecule has 2 saturated carbocycles. The van der Waals surface area contributed by atoms with Crippen molar-refractivity contribution in [2.75, 3.05) is 0 Å². The molecule has 0 amide bonds. The van der Waals surface area contributed by atoms with Gasteiger partial charge in [-0.05, 0) is 74.5 Å². The highest BCUT2D eigenvalue weighted by atomic mass is 16.3. The molecule has 0 aromatic heterocycles. The predicted molar refractivity (Wildman–Crippen MR) is 86.7 cm³/mol. The molecule has 0 bridgehead atoms. The highest BCUT2D eigenvalue weighted by Crippen LogP contribution is 2.52. The summed E-state index contributed by atoms with van der Waals surface area (Å²) in [7, 11) is 0. The van der Waals surface area contributed by atoms with Crippen LogP contribution in [0.2, 0.25) is 0 Å². The van der Waals surface area contributed by atoms with Gasteiger partial charge in [0.15, 0.2) is 0 Å². The molecule has 1 N–H and O–H groups in total. The van der Waals surface area contributed by atoms with Crippen molar-refractivity contribution < 1.29 is 5.11 Å². The highest BCUT2D eigenvalue weighted by molar-refractivity contribution is 4.95. The van der Waals surface area contributed by atoms with Crippen LogP contribution in [0, 0.1) is 22.7 Å². The molecule has 118 valence electrons. The molecule has 20 heavy (non-hydrogen) atoms. The van der Waals surface area contributed by atoms with Crippen LogP contribution in [0.4, 0.5) is 0 Å². The third-order valence-corrected chi connectivity index (χ3v) is 6.18. The summed E-state index contributed by atoms with van der Waals surface area (Å²) in [6, 6.07) is 0. The molecule has 3 unspecified atom stereocenters. The zero-order valence-electron chi connectivity index (χ0n) is 14.5. The Morgan fingerprint density at radius 3 is 2.10 bits per heavy atom. The van der Waals surface area contributed by atoms with Crippen LogP contribution in [0.25, 0.3) is 0 Å². The molecule has 2 aliphatic rings. The second-order valence-electron chi connectivity index (χ2n) is 9.49. The van der Waals surface area contributed by atoms with Crippen LogP contribution in [-0.2, 0) is 0 Å². The fraction of sp³-hybridized carbons (Fsp3) is 1.00. The quantitative estimate of drug-likeness (QED) is 0.666. The average Bonchev–Trinajstić information content (AvgIpc) is 2.78. The topological polar surface area (TPSA) is 20.2 Å². The second-order valence-corrected chi connectivity index (χ2v) is 9.49. The number of rotatable bonds is 1. The highest BCUT2D eigenvalue weighted by Gasteiger charge is 2.43. The van der Waals surface area contributed by atoms with Gasteiger partial charge in [0.05, 0.1) is 5.60 Å². The van der Waals surface area contributed by atoms with E-state index in [2.05, 4.69) is 34.6 Å². The second kappa shape index (κ2) is 5.63. The molecule has 2 rings (SSSR count). The van der Waals surface area contributed by atoms with Crippen molar-refractivity contribution in [1.82, 2.24) is 0 Å². The van der Waals surface area contributed by atoms with Gasteiger partial charge >= 0.3 is 0 Å². The third-order valence-electron chi connectivity index (χ3n) is 6.18. The van der Waals surface area contributed by atoms with Crippen molar-refractivity contribution in [2.24, 2.45) is 22.7 Å². The van der Waals surface area contributed by atoms with E-state index in [1.54, 1.807) is 0 Å². The molecule has 0 aromatic rings. The zero-order valence-corrected chi connectivity index (χ0v) is 14.5. The van der Waals surface area contributed by atoms with Crippen LogP contribution in [0.1, 0.15) is 92.4 Å². The van der Waals surface area contributed by atoms with Gasteiger partial charge in [0.2, 0.25) is 0 Å². The van der Waals surface area contributed by atoms with Crippen LogP contribution >= 0.6 is 0 Å². The molecule has 0 spiro atoms. The van der Waals surface area contributed by atoms with Gasteiger partial charge in [0.1, 0.15) is 0 Å². The summed E-state index contributed by atoms with van der Waals surface area (Å²) in [6.07, 6.45) is 11.3. The monoisotopic (exact) mass is 280 g/mol. The molecule has 3 atom stereocenters. The third kappa shape index (κ3) is 4.00. The lowest BCUT2D eigenvalue weighted by molar-refractivity contribution is -0.0238. The average molecular weight is 280 g/mol. The minimum atomic E-state index is -0.474. The largest absolute Gasteiger partial charge is 0.390 e. The smallest absolute Gasteiger partial charge is 0.0625 e. The normalized spacial score (nSPS) is 43.8. The molecule has 0 aromatic carbocycles. The molecule has 0 saturated heterocycles. The first-order chi connectivity index (χ1) is 9.12. The first-order valence-corrected chi connectivity index (χ1v) is 8.84. The predicted octanol–water partition coefficient (Wildman–Crippen LogP) is 5.56. The number of hydrogen-bond acceptors (Lipinski definition) is 1. The number of aliphatic hydroxyl groups is 1. The standard InChI is InChI=1S/C19H36O/c1-15-12-17(2,3)10-11-19(5,20)14-18(4,13-15)16-8-6-7-9-16/h15-16,20H,6-14H2,1-5H3. The molecule has 2 aliphatic carbocycles. The molecule has 0 heterocycles. The van der Waals surface area contributed by atoms with E-state index in [4.69, 9.17) is 0 Å². The maximum atomic E-state index is 10.9. The van der Waals surface area contributed by atoms with Crippen LogP contribution in [0.5, 0.6) is 0 Å². The summed E-state index contributed by atoms with van der Waals surface area (Å²) in [5.41, 5.74) is 0.253. The Balaban J connectivity index is 2.22. The van der Waals surface area contributed by atoms with Crippen LogP contribution in [-0.4, -0.2) is 10.7 Å². The van der Waals surface area contributed by atoms with E-state index in [0.717, 1.165) is 31.1 Å². The van der Waals surface area contributed by atoms with Crippen molar-refractivity contribution in [2.45, 2.75) is 98.0 Å². The van der Waals surface area contributed by atoms with Gasteiger partial charge < -0.3 is 5.11 Å². The van der Waals surface area contributed by atoms with Crippen LogP contribution in [0.3, 0.4) is 0 Å². The van der Waals surface area contributed by atoms with Crippen molar-refractivity contribution in [1.29, 1.82) is 0 Å². The number of hydrogen-bond donors (Lipinski definition) is 1. The van der Waals surface area contributed by atoms with E-state index in [9.17, 15) is 5.11 Å². The Hall–Kier alpha value is -0.0400. The van der Waals surface area contributed by atoms with Crippen molar-refractivity contribution in [3.63, 3.8) is 0 Å². The molecule has 2 fully saturated rings. The lowest BCUT2D eigenvalue weighted by Crippen LogP contribution is -2.37. The minimum absolute atomic E-state index is 0.347. The molecule has 0 radical (unpaired) electrons. The van der Waals surface area contributed by atoms with Gasteiger partial charge in [-0.3, -0.25) is 0 Å². The SMILES string of the molecule is CC1CC(C)(C)CCC(C)(O)CC(C)(C2CCCC2)C1. The molecule has 1 heteroatoms. The Bertz CT molecular complexity index is 325. The van der Waals surface area contributed by atoms with E-state index < -0.39 is 5.60 Å². The fourth-order valence-corrected chi connectivity index (χ4v) is 5.49. The zero-order chi connectivity index (χ0) is 15.0. The minimum Gasteiger partial charge on any atom is -0.390 e. The van der Waals surface area contributed by atoms with Crippen molar-refractivity contribution in [3.8, 4) is 0 Å². The van der Waals surface area contributed by atoms with E-state index in [1.165, 1.54) is 38.5 Å². The maximum Gasteiger partial charge on any atom is 0.0625 e. The van der Waals surface area contributed by atoms with Gasteiger partial charge in [0.25, 0.3) is 0 Å². The maximum absolute atomic E-state index is 10.9. The van der Waals surface area contributed by atoms with Crippen LogP contribution in [0.15, 0.2) is 0 Å². The summed E-state index contributed by atoms with van der Waals surface area (Å²) in [5, 5.41) is 10.9. The first-order valence-electron chi connectivity index (χ1n) is 8.84. The van der Waals surface area contributed by atoms with Gasteiger partial charge in [0, 0.05) is 0 Å². The molecule has 1 nitrogen and oxygen atoms in total. The summed E-state index contributed by atoms with van der Waals surface area (Å²) in [6.45, 7) is 11.8. The molecular formula is C19H36O. The summed E-state index contributed by atoms with van der Waals surface area (Å²) < 4.78 is 0. The van der Waals surface area contributed by atoms with Crippen molar-refractivity contribution in [3.05, 3.63) is 0 Å². The molecular weight excluding hydrogens is 244 g/mol.